The second-order valence-electron chi connectivity index (χ2n) is 4.84. The Morgan fingerprint density at radius 3 is 2.70 bits per heavy atom. The minimum Gasteiger partial charge on any atom is -0.298 e. The SMILES string of the molecule is Cc1ccc(SC(F)=CC(=O)Nc2nc3ccccc3s2)cc1. The van der Waals surface area contributed by atoms with E-state index in [-0.39, 0.29) is 0 Å². The van der Waals surface area contributed by atoms with Crippen molar-refractivity contribution in [3.8, 4) is 0 Å². The summed E-state index contributed by atoms with van der Waals surface area (Å²) >= 11 is 2.27. The van der Waals surface area contributed by atoms with Gasteiger partial charge < -0.3 is 0 Å². The molecule has 0 aliphatic heterocycles. The number of hydrogen-bond donors (Lipinski definition) is 1. The Hall–Kier alpha value is -2.18. The van der Waals surface area contributed by atoms with E-state index in [9.17, 15) is 9.18 Å². The number of carbonyl (C=O) groups is 1. The van der Waals surface area contributed by atoms with Crippen molar-refractivity contribution in [2.45, 2.75) is 11.8 Å². The quantitative estimate of drug-likeness (QED) is 0.526. The fourth-order valence-corrected chi connectivity index (χ4v) is 3.45. The molecule has 0 unspecified atom stereocenters. The predicted octanol–water partition coefficient (Wildman–Crippen LogP) is 5.15. The van der Waals surface area contributed by atoms with Crippen LogP contribution in [0.2, 0.25) is 0 Å². The van der Waals surface area contributed by atoms with Crippen molar-refractivity contribution in [3.05, 3.63) is 65.3 Å². The van der Waals surface area contributed by atoms with Crippen LogP contribution >= 0.6 is 23.1 Å². The normalized spacial score (nSPS) is 11.7. The first-order valence-electron chi connectivity index (χ1n) is 6.88. The lowest BCUT2D eigenvalue weighted by molar-refractivity contribution is -0.112. The van der Waals surface area contributed by atoms with E-state index in [1.165, 1.54) is 11.3 Å². The number of fused-ring (bicyclic) bond motifs is 1. The van der Waals surface area contributed by atoms with E-state index in [2.05, 4.69) is 10.3 Å². The standard InChI is InChI=1S/C17H13FN2OS2/c1-11-6-8-12(9-7-11)22-15(18)10-16(21)20-17-19-13-4-2-3-5-14(13)23-17/h2-10H,1H3,(H,19,20,21). The van der Waals surface area contributed by atoms with Crippen molar-refractivity contribution in [2.24, 2.45) is 0 Å². The number of para-hydroxylation sites is 1. The lowest BCUT2D eigenvalue weighted by Crippen LogP contribution is -2.07. The average Bonchev–Trinajstić information content (AvgIpc) is 2.91. The van der Waals surface area contributed by atoms with Crippen molar-refractivity contribution < 1.29 is 9.18 Å². The number of nitrogens with zero attached hydrogens (tertiary/aromatic N) is 1. The summed E-state index contributed by atoms with van der Waals surface area (Å²) in [5.41, 5.74) is 1.92. The third-order valence-corrected chi connectivity index (χ3v) is 4.78. The van der Waals surface area contributed by atoms with Crippen LogP contribution in [0.25, 0.3) is 10.2 Å². The fraction of sp³-hybridized carbons (Fsp3) is 0.0588. The number of aryl methyl sites for hydroxylation is 1. The zero-order chi connectivity index (χ0) is 16.2. The van der Waals surface area contributed by atoms with Gasteiger partial charge >= 0.3 is 0 Å². The van der Waals surface area contributed by atoms with Gasteiger partial charge in [-0.05, 0) is 31.2 Å². The van der Waals surface area contributed by atoms with Gasteiger partial charge in [0.2, 0.25) is 0 Å². The van der Waals surface area contributed by atoms with Gasteiger partial charge in [-0.1, -0.05) is 52.9 Å². The Labute approximate surface area is 141 Å². The van der Waals surface area contributed by atoms with E-state index >= 15 is 0 Å². The summed E-state index contributed by atoms with van der Waals surface area (Å²) in [4.78, 5) is 16.9. The minimum absolute atomic E-state index is 0.459. The Kier molecular flexibility index (Phi) is 4.73. The molecule has 1 amide bonds. The van der Waals surface area contributed by atoms with Gasteiger partial charge in [-0.2, -0.15) is 4.39 Å². The van der Waals surface area contributed by atoms with Crippen LogP contribution in [-0.2, 0) is 4.79 Å². The maximum absolute atomic E-state index is 13.9. The van der Waals surface area contributed by atoms with Crippen molar-refractivity contribution in [1.82, 2.24) is 4.98 Å². The van der Waals surface area contributed by atoms with Gasteiger partial charge in [-0.15, -0.1) is 0 Å². The van der Waals surface area contributed by atoms with Crippen LogP contribution in [0.3, 0.4) is 0 Å². The number of thioether (sulfide) groups is 1. The number of amides is 1. The Bertz CT molecular complexity index is 839. The van der Waals surface area contributed by atoms with Crippen molar-refractivity contribution in [2.75, 3.05) is 5.32 Å². The number of aromatic nitrogens is 1. The highest BCUT2D eigenvalue weighted by Gasteiger charge is 2.08. The molecule has 0 saturated carbocycles. The third-order valence-electron chi connectivity index (χ3n) is 3.00. The number of halogens is 1. The molecule has 1 aromatic heterocycles. The molecule has 1 N–H and O–H groups in total. The molecule has 23 heavy (non-hydrogen) atoms. The number of thiazole rings is 1. The highest BCUT2D eigenvalue weighted by molar-refractivity contribution is 8.02. The second-order valence-corrected chi connectivity index (χ2v) is 6.94. The Morgan fingerprint density at radius 1 is 1.22 bits per heavy atom. The largest absolute Gasteiger partial charge is 0.298 e. The van der Waals surface area contributed by atoms with Crippen LogP contribution in [0.4, 0.5) is 9.52 Å². The van der Waals surface area contributed by atoms with Crippen molar-refractivity contribution >= 4 is 44.4 Å². The zero-order valence-corrected chi connectivity index (χ0v) is 13.9. The molecule has 0 radical (unpaired) electrons. The topological polar surface area (TPSA) is 42.0 Å². The molecule has 0 saturated heterocycles. The number of carbonyl (C=O) groups excluding carboxylic acids is 1. The first kappa shape index (κ1) is 15.7. The zero-order valence-electron chi connectivity index (χ0n) is 12.2. The van der Waals surface area contributed by atoms with Crippen molar-refractivity contribution in [3.63, 3.8) is 0 Å². The smallest absolute Gasteiger partial charge is 0.253 e. The Morgan fingerprint density at radius 2 is 1.96 bits per heavy atom. The summed E-state index contributed by atoms with van der Waals surface area (Å²) in [5, 5.41) is 2.49. The Balaban J connectivity index is 1.66. The highest BCUT2D eigenvalue weighted by atomic mass is 32.2. The average molecular weight is 344 g/mol. The van der Waals surface area contributed by atoms with Gasteiger partial charge in [0, 0.05) is 11.0 Å². The van der Waals surface area contributed by atoms with Crippen LogP contribution < -0.4 is 5.32 Å². The summed E-state index contributed by atoms with van der Waals surface area (Å²) < 4.78 is 14.9. The molecule has 0 atom stereocenters. The monoisotopic (exact) mass is 344 g/mol. The third kappa shape index (κ3) is 4.18. The van der Waals surface area contributed by atoms with E-state index in [4.69, 9.17) is 0 Å². The highest BCUT2D eigenvalue weighted by Crippen LogP contribution is 2.28. The number of benzene rings is 2. The molecule has 0 spiro atoms. The van der Waals surface area contributed by atoms with E-state index in [1.807, 2.05) is 55.5 Å². The van der Waals surface area contributed by atoms with Gasteiger partial charge in [0.05, 0.1) is 10.2 Å². The van der Waals surface area contributed by atoms with E-state index < -0.39 is 11.1 Å². The molecule has 0 aliphatic carbocycles. The van der Waals surface area contributed by atoms with Gasteiger partial charge in [-0.25, -0.2) is 4.98 Å². The summed E-state index contributed by atoms with van der Waals surface area (Å²) in [7, 11) is 0. The van der Waals surface area contributed by atoms with Crippen LogP contribution in [0.15, 0.2) is 64.7 Å². The maximum atomic E-state index is 13.9. The minimum atomic E-state index is -0.563. The number of nitrogens with one attached hydrogen (secondary N) is 1. The predicted molar refractivity (Wildman–Crippen MR) is 94.5 cm³/mol. The summed E-state index contributed by atoms with van der Waals surface area (Å²) in [6.07, 6.45) is 0.941. The first-order chi connectivity index (χ1) is 11.1. The molecule has 1 heterocycles. The van der Waals surface area contributed by atoms with Crippen molar-refractivity contribution in [1.29, 1.82) is 0 Å². The number of anilines is 1. The fourth-order valence-electron chi connectivity index (χ4n) is 1.92. The summed E-state index contributed by atoms with van der Waals surface area (Å²) in [6.45, 7) is 1.96. The van der Waals surface area contributed by atoms with E-state index in [0.717, 1.165) is 38.5 Å². The van der Waals surface area contributed by atoms with Crippen LogP contribution in [-0.4, -0.2) is 10.9 Å². The van der Waals surface area contributed by atoms with Gasteiger partial charge in [0.15, 0.2) is 10.3 Å². The molecule has 0 fully saturated rings. The molecule has 3 aromatic rings. The molecule has 3 nitrogen and oxygen atoms in total. The molecule has 116 valence electrons. The molecular weight excluding hydrogens is 331 g/mol. The first-order valence-corrected chi connectivity index (χ1v) is 8.52. The van der Waals surface area contributed by atoms with E-state index in [1.54, 1.807) is 0 Å². The molecule has 0 bridgehead atoms. The van der Waals surface area contributed by atoms with Crippen LogP contribution in [0.1, 0.15) is 5.56 Å². The van der Waals surface area contributed by atoms with Gasteiger partial charge in [-0.3, -0.25) is 10.1 Å². The molecular formula is C17H13FN2OS2. The summed E-state index contributed by atoms with van der Waals surface area (Å²) in [6, 6.07) is 15.0. The molecule has 2 aromatic carbocycles. The lowest BCUT2D eigenvalue weighted by atomic mass is 10.2. The second kappa shape index (κ2) is 6.93. The number of rotatable bonds is 4. The van der Waals surface area contributed by atoms with Crippen LogP contribution in [0.5, 0.6) is 0 Å². The van der Waals surface area contributed by atoms with Gasteiger partial charge in [0.1, 0.15) is 0 Å². The van der Waals surface area contributed by atoms with E-state index in [0.29, 0.717) is 5.13 Å². The number of hydrogen-bond acceptors (Lipinski definition) is 4. The molecule has 0 aliphatic rings. The summed E-state index contributed by atoms with van der Waals surface area (Å²) in [5.74, 6) is -0.527. The molecule has 6 heteroatoms. The molecule has 3 rings (SSSR count). The van der Waals surface area contributed by atoms with Crippen LogP contribution in [0, 0.1) is 6.92 Å². The maximum Gasteiger partial charge on any atom is 0.253 e. The lowest BCUT2D eigenvalue weighted by Gasteiger charge is -2.00. The van der Waals surface area contributed by atoms with Gasteiger partial charge in [0.25, 0.3) is 5.91 Å².